The summed E-state index contributed by atoms with van der Waals surface area (Å²) in [5.74, 6) is 0.940. The highest BCUT2D eigenvalue weighted by Gasteiger charge is 2.17. The third-order valence-electron chi connectivity index (χ3n) is 3.81. The van der Waals surface area contributed by atoms with Crippen molar-refractivity contribution in [2.24, 2.45) is 0 Å². The van der Waals surface area contributed by atoms with Gasteiger partial charge in [-0.05, 0) is 35.9 Å². The van der Waals surface area contributed by atoms with Gasteiger partial charge in [0, 0.05) is 24.1 Å². The molecule has 3 rings (SSSR count). The van der Waals surface area contributed by atoms with Crippen LogP contribution in [0, 0.1) is 0 Å². The Balaban J connectivity index is 1.55. The van der Waals surface area contributed by atoms with Crippen LogP contribution in [0.2, 0.25) is 0 Å². The Labute approximate surface area is 156 Å². The molecule has 0 saturated heterocycles. The van der Waals surface area contributed by atoms with Crippen LogP contribution >= 0.6 is 11.8 Å². The quantitative estimate of drug-likeness (QED) is 0.731. The first-order valence-electron chi connectivity index (χ1n) is 8.21. The van der Waals surface area contributed by atoms with Crippen molar-refractivity contribution in [2.45, 2.75) is 11.4 Å². The summed E-state index contributed by atoms with van der Waals surface area (Å²) in [6.45, 7) is 1.45. The molecule has 2 aromatic rings. The van der Waals surface area contributed by atoms with Crippen molar-refractivity contribution in [1.29, 1.82) is 0 Å². The third kappa shape index (κ3) is 4.77. The molecule has 0 fully saturated rings. The first-order valence-corrected chi connectivity index (χ1v) is 9.20. The molecule has 7 heteroatoms. The van der Waals surface area contributed by atoms with E-state index in [1.807, 2.05) is 30.3 Å². The van der Waals surface area contributed by atoms with E-state index in [9.17, 15) is 9.59 Å². The summed E-state index contributed by atoms with van der Waals surface area (Å²) in [6.07, 6.45) is 0. The average molecular weight is 372 g/mol. The summed E-state index contributed by atoms with van der Waals surface area (Å²) >= 11 is 1.47. The third-order valence-corrected chi connectivity index (χ3v) is 4.88. The van der Waals surface area contributed by atoms with E-state index in [1.54, 1.807) is 19.2 Å². The van der Waals surface area contributed by atoms with E-state index in [0.717, 1.165) is 16.2 Å². The van der Waals surface area contributed by atoms with Crippen LogP contribution in [0.1, 0.15) is 15.9 Å². The van der Waals surface area contributed by atoms with Gasteiger partial charge in [-0.2, -0.15) is 0 Å². The van der Waals surface area contributed by atoms with E-state index >= 15 is 0 Å². The van der Waals surface area contributed by atoms with Gasteiger partial charge >= 0.3 is 0 Å². The molecule has 0 bridgehead atoms. The minimum absolute atomic E-state index is 0.0483. The number of nitrogens with one attached hydrogen (secondary N) is 2. The number of methoxy groups -OCH3 is 1. The maximum Gasteiger partial charge on any atom is 0.251 e. The second kappa shape index (κ2) is 8.73. The minimum atomic E-state index is -0.182. The largest absolute Gasteiger partial charge is 0.491 e. The second-order valence-electron chi connectivity index (χ2n) is 5.72. The minimum Gasteiger partial charge on any atom is -0.491 e. The normalized spacial score (nSPS) is 12.9. The van der Waals surface area contributed by atoms with Crippen LogP contribution in [0.4, 0.5) is 5.69 Å². The fourth-order valence-corrected chi connectivity index (χ4v) is 3.24. The predicted molar refractivity (Wildman–Crippen MR) is 101 cm³/mol. The summed E-state index contributed by atoms with van der Waals surface area (Å²) in [5.41, 5.74) is 2.18. The fraction of sp³-hybridized carbons (Fsp3) is 0.263. The van der Waals surface area contributed by atoms with Crippen LogP contribution in [0.3, 0.4) is 0 Å². The van der Waals surface area contributed by atoms with Gasteiger partial charge in [0.05, 0.1) is 18.0 Å². The van der Waals surface area contributed by atoms with E-state index in [0.29, 0.717) is 36.8 Å². The molecule has 2 aromatic carbocycles. The molecule has 0 atom stereocenters. The van der Waals surface area contributed by atoms with Gasteiger partial charge in [-0.3, -0.25) is 9.59 Å². The number of hydrogen-bond acceptors (Lipinski definition) is 5. The van der Waals surface area contributed by atoms with Gasteiger partial charge in [0.2, 0.25) is 5.91 Å². The molecule has 136 valence electrons. The van der Waals surface area contributed by atoms with Crippen molar-refractivity contribution in [1.82, 2.24) is 5.32 Å². The highest BCUT2D eigenvalue weighted by Crippen LogP contribution is 2.31. The lowest BCUT2D eigenvalue weighted by Gasteiger charge is -2.17. The lowest BCUT2D eigenvalue weighted by atomic mass is 10.1. The standard InChI is InChI=1S/C19H20N2O4S/c1-24-8-9-25-15-5-2-13(3-6-15)11-20-19(23)14-4-7-17-16(10-14)21-18(22)12-26-17/h2-7,10H,8-9,11-12H2,1H3,(H,20,23)(H,21,22). The first-order chi connectivity index (χ1) is 12.7. The fourth-order valence-electron chi connectivity index (χ4n) is 2.46. The number of amides is 2. The van der Waals surface area contributed by atoms with Crippen LogP contribution < -0.4 is 15.4 Å². The first kappa shape index (κ1) is 18.3. The van der Waals surface area contributed by atoms with Gasteiger partial charge in [0.25, 0.3) is 5.91 Å². The van der Waals surface area contributed by atoms with Crippen molar-refractivity contribution in [3.8, 4) is 5.75 Å². The Morgan fingerprint density at radius 2 is 2.00 bits per heavy atom. The number of carbonyl (C=O) groups excluding carboxylic acids is 2. The highest BCUT2D eigenvalue weighted by molar-refractivity contribution is 8.00. The van der Waals surface area contributed by atoms with Crippen molar-refractivity contribution in [3.05, 3.63) is 53.6 Å². The number of anilines is 1. The molecule has 1 heterocycles. The van der Waals surface area contributed by atoms with Gasteiger partial charge in [-0.1, -0.05) is 12.1 Å². The number of benzene rings is 2. The topological polar surface area (TPSA) is 76.7 Å². The molecule has 0 spiro atoms. The van der Waals surface area contributed by atoms with Gasteiger partial charge in [0.1, 0.15) is 12.4 Å². The van der Waals surface area contributed by atoms with Crippen LogP contribution in [-0.4, -0.2) is 37.9 Å². The molecule has 0 saturated carbocycles. The van der Waals surface area contributed by atoms with Crippen LogP contribution in [0.15, 0.2) is 47.4 Å². The lowest BCUT2D eigenvalue weighted by Crippen LogP contribution is -2.24. The molecular formula is C19H20N2O4S. The van der Waals surface area contributed by atoms with Crippen LogP contribution in [-0.2, 0) is 16.1 Å². The number of rotatable bonds is 7. The molecule has 0 aliphatic carbocycles. The predicted octanol–water partition coefficient (Wildman–Crippen LogP) is 2.69. The number of ether oxygens (including phenoxy) is 2. The van der Waals surface area contributed by atoms with Crippen molar-refractivity contribution in [3.63, 3.8) is 0 Å². The molecule has 0 radical (unpaired) electrons. The van der Waals surface area contributed by atoms with Crippen LogP contribution in [0.25, 0.3) is 0 Å². The number of thioether (sulfide) groups is 1. The van der Waals surface area contributed by atoms with E-state index < -0.39 is 0 Å². The van der Waals surface area contributed by atoms with Gasteiger partial charge in [-0.25, -0.2) is 0 Å². The maximum atomic E-state index is 12.4. The van der Waals surface area contributed by atoms with Crippen molar-refractivity contribution in [2.75, 3.05) is 31.4 Å². The molecular weight excluding hydrogens is 352 g/mol. The Bertz CT molecular complexity index is 793. The molecule has 0 unspecified atom stereocenters. The monoisotopic (exact) mass is 372 g/mol. The summed E-state index contributed by atoms with van der Waals surface area (Å²) in [5, 5.41) is 5.68. The zero-order chi connectivity index (χ0) is 18.4. The molecule has 1 aliphatic rings. The lowest BCUT2D eigenvalue weighted by molar-refractivity contribution is -0.113. The number of fused-ring (bicyclic) bond motifs is 1. The Kier molecular flexibility index (Phi) is 6.14. The molecule has 2 amide bonds. The molecule has 6 nitrogen and oxygen atoms in total. The summed E-state index contributed by atoms with van der Waals surface area (Å²) in [4.78, 5) is 24.8. The summed E-state index contributed by atoms with van der Waals surface area (Å²) < 4.78 is 10.4. The van der Waals surface area contributed by atoms with E-state index in [-0.39, 0.29) is 11.8 Å². The van der Waals surface area contributed by atoms with Gasteiger partial charge < -0.3 is 20.1 Å². The summed E-state index contributed by atoms with van der Waals surface area (Å²) in [7, 11) is 1.63. The summed E-state index contributed by atoms with van der Waals surface area (Å²) in [6, 6.07) is 12.9. The number of hydrogen-bond donors (Lipinski definition) is 2. The van der Waals surface area contributed by atoms with E-state index in [4.69, 9.17) is 9.47 Å². The average Bonchev–Trinajstić information content (AvgIpc) is 2.66. The van der Waals surface area contributed by atoms with Gasteiger partial charge in [0.15, 0.2) is 0 Å². The zero-order valence-corrected chi connectivity index (χ0v) is 15.2. The Morgan fingerprint density at radius 1 is 1.19 bits per heavy atom. The zero-order valence-electron chi connectivity index (χ0n) is 14.4. The van der Waals surface area contributed by atoms with E-state index in [1.165, 1.54) is 11.8 Å². The highest BCUT2D eigenvalue weighted by atomic mass is 32.2. The van der Waals surface area contributed by atoms with Crippen LogP contribution in [0.5, 0.6) is 5.75 Å². The Morgan fingerprint density at radius 3 is 2.77 bits per heavy atom. The second-order valence-corrected chi connectivity index (χ2v) is 6.73. The number of carbonyl (C=O) groups is 2. The Hall–Kier alpha value is -2.51. The molecule has 0 aromatic heterocycles. The molecule has 26 heavy (non-hydrogen) atoms. The maximum absolute atomic E-state index is 12.4. The van der Waals surface area contributed by atoms with Crippen molar-refractivity contribution >= 4 is 29.3 Å². The molecule has 1 aliphatic heterocycles. The SMILES string of the molecule is COCCOc1ccc(CNC(=O)c2ccc3c(c2)NC(=O)CS3)cc1. The van der Waals surface area contributed by atoms with Gasteiger partial charge in [-0.15, -0.1) is 11.8 Å². The van der Waals surface area contributed by atoms with E-state index in [2.05, 4.69) is 10.6 Å². The smallest absolute Gasteiger partial charge is 0.251 e. The molecule has 2 N–H and O–H groups in total. The van der Waals surface area contributed by atoms with Crippen molar-refractivity contribution < 1.29 is 19.1 Å².